The van der Waals surface area contributed by atoms with E-state index in [2.05, 4.69) is 30.9 Å². The molecule has 4 rings (SSSR count). The number of anilines is 1. The third-order valence-electron chi connectivity index (χ3n) is 5.35. The number of halogens is 1. The number of benzene rings is 2. The molecular formula is C23H25ClN4O2. The summed E-state index contributed by atoms with van der Waals surface area (Å²) in [6.07, 6.45) is 0. The van der Waals surface area contributed by atoms with E-state index in [0.717, 1.165) is 11.1 Å². The fourth-order valence-electron chi connectivity index (χ4n) is 3.46. The Balaban J connectivity index is 1.38. The Morgan fingerprint density at radius 1 is 0.967 bits per heavy atom. The molecule has 0 bridgehead atoms. The molecule has 30 heavy (non-hydrogen) atoms. The third kappa shape index (κ3) is 4.33. The Bertz CT molecular complexity index is 1010. The van der Waals surface area contributed by atoms with E-state index in [1.807, 2.05) is 46.2 Å². The average Bonchev–Trinajstić information content (AvgIpc) is 3.24. The Labute approximate surface area is 181 Å². The van der Waals surface area contributed by atoms with Crippen LogP contribution in [0.4, 0.5) is 6.01 Å². The smallest absolute Gasteiger partial charge is 0.324 e. The van der Waals surface area contributed by atoms with Gasteiger partial charge in [-0.05, 0) is 47.4 Å². The maximum atomic E-state index is 12.9. The lowest BCUT2D eigenvalue weighted by atomic mass is 9.86. The van der Waals surface area contributed by atoms with Crippen molar-refractivity contribution in [3.05, 3.63) is 64.7 Å². The highest BCUT2D eigenvalue weighted by molar-refractivity contribution is 6.30. The Kier molecular flexibility index (Phi) is 5.52. The molecule has 0 spiro atoms. The number of aromatic nitrogens is 2. The Morgan fingerprint density at radius 3 is 2.20 bits per heavy atom. The van der Waals surface area contributed by atoms with Crippen molar-refractivity contribution in [2.45, 2.75) is 26.2 Å². The number of amides is 1. The zero-order valence-corrected chi connectivity index (χ0v) is 18.2. The maximum absolute atomic E-state index is 12.9. The molecule has 0 radical (unpaired) electrons. The normalized spacial score (nSPS) is 14.8. The molecule has 0 N–H and O–H groups in total. The molecule has 0 saturated carbocycles. The van der Waals surface area contributed by atoms with Crippen LogP contribution < -0.4 is 4.90 Å². The van der Waals surface area contributed by atoms with Gasteiger partial charge in [0.2, 0.25) is 5.82 Å². The number of hydrogen-bond acceptors (Lipinski definition) is 5. The zero-order valence-electron chi connectivity index (χ0n) is 17.4. The molecule has 1 fully saturated rings. The number of nitrogens with zero attached hydrogens (tertiary/aromatic N) is 4. The van der Waals surface area contributed by atoms with Gasteiger partial charge < -0.3 is 14.3 Å². The van der Waals surface area contributed by atoms with Crippen molar-refractivity contribution in [1.82, 2.24) is 15.0 Å². The van der Waals surface area contributed by atoms with Crippen LogP contribution in [-0.4, -0.2) is 47.1 Å². The van der Waals surface area contributed by atoms with E-state index in [1.165, 1.54) is 5.56 Å². The summed E-state index contributed by atoms with van der Waals surface area (Å²) in [5, 5.41) is 4.73. The van der Waals surface area contributed by atoms with E-state index in [9.17, 15) is 4.79 Å². The summed E-state index contributed by atoms with van der Waals surface area (Å²) in [5.41, 5.74) is 2.86. The highest BCUT2D eigenvalue weighted by Gasteiger charge is 2.25. The van der Waals surface area contributed by atoms with E-state index in [4.69, 9.17) is 16.1 Å². The molecule has 2 heterocycles. The highest BCUT2D eigenvalue weighted by atomic mass is 35.5. The van der Waals surface area contributed by atoms with Crippen LogP contribution in [0.5, 0.6) is 0 Å². The van der Waals surface area contributed by atoms with Gasteiger partial charge in [0, 0.05) is 42.3 Å². The van der Waals surface area contributed by atoms with Gasteiger partial charge in [0.15, 0.2) is 0 Å². The van der Waals surface area contributed by atoms with Crippen molar-refractivity contribution >= 4 is 23.5 Å². The molecule has 0 unspecified atom stereocenters. The average molecular weight is 425 g/mol. The number of hydrogen-bond donors (Lipinski definition) is 0. The van der Waals surface area contributed by atoms with Gasteiger partial charge in [-0.2, -0.15) is 4.98 Å². The van der Waals surface area contributed by atoms with Crippen LogP contribution in [0.25, 0.3) is 11.4 Å². The molecule has 3 aromatic rings. The van der Waals surface area contributed by atoms with E-state index in [0.29, 0.717) is 43.0 Å². The fourth-order valence-corrected chi connectivity index (χ4v) is 3.58. The number of carbonyl (C=O) groups excluding carboxylic acids is 1. The second-order valence-corrected chi connectivity index (χ2v) is 8.95. The molecule has 2 aromatic carbocycles. The summed E-state index contributed by atoms with van der Waals surface area (Å²) in [7, 11) is 0. The van der Waals surface area contributed by atoms with Crippen LogP contribution in [-0.2, 0) is 5.41 Å². The van der Waals surface area contributed by atoms with Gasteiger partial charge in [0.05, 0.1) is 0 Å². The first-order valence-corrected chi connectivity index (χ1v) is 10.4. The largest absolute Gasteiger partial charge is 0.335 e. The molecular weight excluding hydrogens is 400 g/mol. The fraction of sp³-hybridized carbons (Fsp3) is 0.348. The number of piperazine rings is 1. The van der Waals surface area contributed by atoms with Crippen LogP contribution in [0.1, 0.15) is 36.7 Å². The molecule has 1 amide bonds. The monoisotopic (exact) mass is 424 g/mol. The first-order valence-electron chi connectivity index (χ1n) is 10.1. The molecule has 1 aromatic heterocycles. The van der Waals surface area contributed by atoms with E-state index < -0.39 is 0 Å². The van der Waals surface area contributed by atoms with Crippen molar-refractivity contribution in [3.63, 3.8) is 0 Å². The van der Waals surface area contributed by atoms with E-state index in [1.54, 1.807) is 12.1 Å². The summed E-state index contributed by atoms with van der Waals surface area (Å²) in [6.45, 7) is 9.01. The van der Waals surface area contributed by atoms with Crippen LogP contribution >= 0.6 is 11.6 Å². The van der Waals surface area contributed by atoms with Crippen molar-refractivity contribution in [2.24, 2.45) is 0 Å². The molecule has 1 aliphatic rings. The van der Waals surface area contributed by atoms with Gasteiger partial charge in [-0.3, -0.25) is 4.79 Å². The van der Waals surface area contributed by atoms with Crippen LogP contribution in [0.15, 0.2) is 53.1 Å². The maximum Gasteiger partial charge on any atom is 0.324 e. The lowest BCUT2D eigenvalue weighted by Gasteiger charge is -2.33. The lowest BCUT2D eigenvalue weighted by Crippen LogP contribution is -2.48. The van der Waals surface area contributed by atoms with Crippen LogP contribution in [0.3, 0.4) is 0 Å². The minimum Gasteiger partial charge on any atom is -0.335 e. The van der Waals surface area contributed by atoms with Crippen molar-refractivity contribution in [1.29, 1.82) is 0 Å². The minimum atomic E-state index is 0.0579. The molecule has 156 valence electrons. The van der Waals surface area contributed by atoms with E-state index in [-0.39, 0.29) is 11.3 Å². The van der Waals surface area contributed by atoms with Crippen LogP contribution in [0.2, 0.25) is 5.02 Å². The molecule has 0 atom stereocenters. The van der Waals surface area contributed by atoms with Gasteiger partial charge in [0.1, 0.15) is 0 Å². The first kappa shape index (κ1) is 20.4. The number of rotatable bonds is 3. The number of carbonyl (C=O) groups is 1. The van der Waals surface area contributed by atoms with Crippen molar-refractivity contribution in [3.8, 4) is 11.4 Å². The topological polar surface area (TPSA) is 62.5 Å². The quantitative estimate of drug-likeness (QED) is 0.612. The van der Waals surface area contributed by atoms with Gasteiger partial charge in [0.25, 0.3) is 5.91 Å². The second kappa shape index (κ2) is 8.11. The summed E-state index contributed by atoms with van der Waals surface area (Å²) in [5.74, 6) is 0.585. The standard InChI is InChI=1S/C23H25ClN4O2/c1-23(2,3)18-8-4-17(5-9-18)21(29)27-12-14-28(15-13-27)22-25-20(26-30-22)16-6-10-19(24)11-7-16/h4-11H,12-15H2,1-3H3. The van der Waals surface area contributed by atoms with Crippen molar-refractivity contribution < 1.29 is 9.32 Å². The third-order valence-corrected chi connectivity index (χ3v) is 5.60. The molecule has 1 aliphatic heterocycles. The Morgan fingerprint density at radius 2 is 1.60 bits per heavy atom. The summed E-state index contributed by atoms with van der Waals surface area (Å²) < 4.78 is 5.44. The van der Waals surface area contributed by atoms with Gasteiger partial charge in [-0.15, -0.1) is 0 Å². The zero-order chi connectivity index (χ0) is 21.3. The molecule has 0 aliphatic carbocycles. The SMILES string of the molecule is CC(C)(C)c1ccc(C(=O)N2CCN(c3nc(-c4ccc(Cl)cc4)no3)CC2)cc1. The summed E-state index contributed by atoms with van der Waals surface area (Å²) in [4.78, 5) is 21.2. The molecule has 1 saturated heterocycles. The predicted octanol–water partition coefficient (Wildman–Crippen LogP) is 4.65. The summed E-state index contributed by atoms with van der Waals surface area (Å²) in [6, 6.07) is 15.7. The van der Waals surface area contributed by atoms with Gasteiger partial charge >= 0.3 is 6.01 Å². The van der Waals surface area contributed by atoms with Gasteiger partial charge in [-0.1, -0.05) is 49.7 Å². The van der Waals surface area contributed by atoms with E-state index >= 15 is 0 Å². The second-order valence-electron chi connectivity index (χ2n) is 8.51. The first-order chi connectivity index (χ1) is 14.3. The predicted molar refractivity (Wildman–Crippen MR) is 118 cm³/mol. The highest BCUT2D eigenvalue weighted by Crippen LogP contribution is 2.24. The summed E-state index contributed by atoms with van der Waals surface area (Å²) >= 11 is 5.93. The molecule has 6 nitrogen and oxygen atoms in total. The van der Waals surface area contributed by atoms with Gasteiger partial charge in [-0.25, -0.2) is 0 Å². The van der Waals surface area contributed by atoms with Crippen molar-refractivity contribution in [2.75, 3.05) is 31.1 Å². The lowest BCUT2D eigenvalue weighted by molar-refractivity contribution is 0.0744. The Hall–Kier alpha value is -2.86. The minimum absolute atomic E-state index is 0.0579. The van der Waals surface area contributed by atoms with Crippen LogP contribution in [0, 0.1) is 0 Å². The molecule has 7 heteroatoms.